The second-order valence-electron chi connectivity index (χ2n) is 3.14. The highest BCUT2D eigenvalue weighted by atomic mass is 16.2. The van der Waals surface area contributed by atoms with Gasteiger partial charge in [0.15, 0.2) is 0 Å². The number of carbonyl (C=O) groups is 1. The number of aromatic nitrogens is 1. The molecule has 1 rings (SSSR count). The molecule has 1 aromatic heterocycles. The first kappa shape index (κ1) is 10.5. The molecule has 0 spiro atoms. The molecule has 76 valence electrons. The zero-order valence-electron chi connectivity index (χ0n) is 8.15. The molecule has 0 saturated carbocycles. The number of pyridine rings is 1. The van der Waals surface area contributed by atoms with Gasteiger partial charge in [0.05, 0.1) is 11.7 Å². The summed E-state index contributed by atoms with van der Waals surface area (Å²) in [5, 5.41) is 2.59. The normalized spacial score (nSPS) is 12.2. The lowest BCUT2D eigenvalue weighted by molar-refractivity contribution is -0.117. The van der Waals surface area contributed by atoms with Crippen LogP contribution in [0.2, 0.25) is 0 Å². The van der Waals surface area contributed by atoms with Gasteiger partial charge in [0.1, 0.15) is 0 Å². The van der Waals surface area contributed by atoms with Crippen LogP contribution in [0, 0.1) is 0 Å². The van der Waals surface area contributed by atoms with Crippen LogP contribution in [0.25, 0.3) is 0 Å². The van der Waals surface area contributed by atoms with Gasteiger partial charge < -0.3 is 15.6 Å². The predicted molar refractivity (Wildman–Crippen MR) is 54.0 cm³/mol. The van der Waals surface area contributed by atoms with E-state index in [2.05, 4.69) is 5.32 Å². The summed E-state index contributed by atoms with van der Waals surface area (Å²) in [5.41, 5.74) is 5.81. The van der Waals surface area contributed by atoms with Crippen molar-refractivity contribution < 1.29 is 4.79 Å². The number of nitrogens with zero attached hydrogens (tertiary/aromatic N) is 1. The Hall–Kier alpha value is -1.62. The average Bonchev–Trinajstić information content (AvgIpc) is 2.11. The first-order valence-corrected chi connectivity index (χ1v) is 4.24. The zero-order chi connectivity index (χ0) is 10.7. The molecule has 5 nitrogen and oxygen atoms in total. The minimum absolute atomic E-state index is 0.121. The maximum Gasteiger partial charge on any atom is 0.250 e. The minimum Gasteiger partial charge on any atom is -0.323 e. The van der Waals surface area contributed by atoms with Gasteiger partial charge in [-0.2, -0.15) is 0 Å². The molecule has 0 aliphatic carbocycles. The zero-order valence-corrected chi connectivity index (χ0v) is 8.15. The lowest BCUT2D eigenvalue weighted by atomic mass is 10.3. The monoisotopic (exact) mass is 195 g/mol. The molecule has 0 fully saturated rings. The summed E-state index contributed by atoms with van der Waals surface area (Å²) in [5.74, 6) is -0.274. The quantitative estimate of drug-likeness (QED) is 0.678. The van der Waals surface area contributed by atoms with E-state index in [0.29, 0.717) is 5.69 Å². The number of carbonyl (C=O) groups excluding carboxylic acids is 1. The molecule has 0 radical (unpaired) electrons. The summed E-state index contributed by atoms with van der Waals surface area (Å²) in [6.45, 7) is 1.59. The number of amides is 1. The van der Waals surface area contributed by atoms with E-state index in [0.717, 1.165) is 0 Å². The first-order valence-electron chi connectivity index (χ1n) is 4.24. The number of anilines is 1. The van der Waals surface area contributed by atoms with Crippen molar-refractivity contribution in [3.8, 4) is 0 Å². The first-order chi connectivity index (χ1) is 6.50. The SMILES string of the molecule is C[C@@H](N)C(=O)Nc1ccc(=O)n(C)c1. The molecule has 1 heterocycles. The van der Waals surface area contributed by atoms with Gasteiger partial charge in [-0.15, -0.1) is 0 Å². The summed E-state index contributed by atoms with van der Waals surface area (Å²) >= 11 is 0. The summed E-state index contributed by atoms with van der Waals surface area (Å²) in [4.78, 5) is 22.2. The molecule has 1 atom stereocenters. The van der Waals surface area contributed by atoms with Gasteiger partial charge in [-0.1, -0.05) is 0 Å². The van der Waals surface area contributed by atoms with Crippen molar-refractivity contribution in [3.05, 3.63) is 28.7 Å². The van der Waals surface area contributed by atoms with Crippen molar-refractivity contribution in [2.24, 2.45) is 12.8 Å². The van der Waals surface area contributed by atoms with Gasteiger partial charge >= 0.3 is 0 Å². The summed E-state index contributed by atoms with van der Waals surface area (Å²) in [7, 11) is 1.61. The second kappa shape index (κ2) is 4.06. The van der Waals surface area contributed by atoms with Gasteiger partial charge in [0.2, 0.25) is 11.5 Å². The van der Waals surface area contributed by atoms with Crippen LogP contribution >= 0.6 is 0 Å². The molecule has 0 aromatic carbocycles. The van der Waals surface area contributed by atoms with Gasteiger partial charge in [-0.05, 0) is 13.0 Å². The number of aryl methyl sites for hydroxylation is 1. The van der Waals surface area contributed by atoms with Crippen molar-refractivity contribution >= 4 is 11.6 Å². The van der Waals surface area contributed by atoms with E-state index >= 15 is 0 Å². The van der Waals surface area contributed by atoms with Gasteiger partial charge in [0.25, 0.3) is 0 Å². The van der Waals surface area contributed by atoms with Crippen molar-refractivity contribution in [1.82, 2.24) is 4.57 Å². The number of rotatable bonds is 2. The van der Waals surface area contributed by atoms with Gasteiger partial charge in [-0.25, -0.2) is 0 Å². The molecular weight excluding hydrogens is 182 g/mol. The Morgan fingerprint density at radius 2 is 2.21 bits per heavy atom. The van der Waals surface area contributed by atoms with Crippen LogP contribution in [-0.2, 0) is 11.8 Å². The van der Waals surface area contributed by atoms with Crippen LogP contribution in [0.5, 0.6) is 0 Å². The third kappa shape index (κ3) is 2.43. The molecule has 0 aliphatic rings. The summed E-state index contributed by atoms with van der Waals surface area (Å²) < 4.78 is 1.39. The van der Waals surface area contributed by atoms with E-state index in [1.807, 2.05) is 0 Å². The Morgan fingerprint density at radius 3 is 2.71 bits per heavy atom. The molecule has 5 heteroatoms. The van der Waals surface area contributed by atoms with Crippen LogP contribution in [0.3, 0.4) is 0 Å². The van der Waals surface area contributed by atoms with E-state index in [9.17, 15) is 9.59 Å². The van der Waals surface area contributed by atoms with Crippen molar-refractivity contribution in [2.45, 2.75) is 13.0 Å². The van der Waals surface area contributed by atoms with Crippen LogP contribution in [0.1, 0.15) is 6.92 Å². The van der Waals surface area contributed by atoms with Crippen molar-refractivity contribution in [2.75, 3.05) is 5.32 Å². The van der Waals surface area contributed by atoms with Crippen molar-refractivity contribution in [3.63, 3.8) is 0 Å². The Morgan fingerprint density at radius 1 is 1.57 bits per heavy atom. The highest BCUT2D eigenvalue weighted by Gasteiger charge is 2.07. The van der Waals surface area contributed by atoms with E-state index in [-0.39, 0.29) is 11.5 Å². The molecule has 0 aliphatic heterocycles. The van der Waals surface area contributed by atoms with Gasteiger partial charge in [-0.3, -0.25) is 9.59 Å². The summed E-state index contributed by atoms with van der Waals surface area (Å²) in [6.07, 6.45) is 1.54. The highest BCUT2D eigenvalue weighted by molar-refractivity contribution is 5.94. The second-order valence-corrected chi connectivity index (χ2v) is 3.14. The predicted octanol–water partition coefficient (Wildman–Crippen LogP) is -0.329. The highest BCUT2D eigenvalue weighted by Crippen LogP contribution is 2.02. The maximum atomic E-state index is 11.2. The average molecular weight is 195 g/mol. The Balaban J connectivity index is 2.83. The van der Waals surface area contributed by atoms with Gasteiger partial charge in [0, 0.05) is 19.3 Å². The number of hydrogen-bond donors (Lipinski definition) is 2. The number of nitrogens with two attached hydrogens (primary N) is 1. The molecule has 1 amide bonds. The fourth-order valence-corrected chi connectivity index (χ4v) is 0.924. The lowest BCUT2D eigenvalue weighted by Gasteiger charge is -2.08. The van der Waals surface area contributed by atoms with E-state index in [1.165, 1.54) is 10.6 Å². The van der Waals surface area contributed by atoms with Crippen LogP contribution in [-0.4, -0.2) is 16.5 Å². The number of nitrogens with one attached hydrogen (secondary N) is 1. The third-order valence-corrected chi connectivity index (χ3v) is 1.77. The molecule has 14 heavy (non-hydrogen) atoms. The molecule has 3 N–H and O–H groups in total. The van der Waals surface area contributed by atoms with E-state index in [1.54, 1.807) is 26.2 Å². The molecule has 0 unspecified atom stereocenters. The number of hydrogen-bond acceptors (Lipinski definition) is 3. The van der Waals surface area contributed by atoms with Crippen LogP contribution < -0.4 is 16.6 Å². The molecule has 0 saturated heterocycles. The van der Waals surface area contributed by atoms with E-state index in [4.69, 9.17) is 5.73 Å². The lowest BCUT2D eigenvalue weighted by Crippen LogP contribution is -2.32. The Bertz CT molecular complexity index is 395. The standard InChI is InChI=1S/C9H13N3O2/c1-6(10)9(14)11-7-3-4-8(13)12(2)5-7/h3-6H,10H2,1-2H3,(H,11,14)/t6-/m1/s1. The van der Waals surface area contributed by atoms with Crippen molar-refractivity contribution in [1.29, 1.82) is 0 Å². The van der Waals surface area contributed by atoms with Crippen LogP contribution in [0.4, 0.5) is 5.69 Å². The Kier molecular flexibility index (Phi) is 3.03. The van der Waals surface area contributed by atoms with Crippen LogP contribution in [0.15, 0.2) is 23.1 Å². The smallest absolute Gasteiger partial charge is 0.250 e. The largest absolute Gasteiger partial charge is 0.323 e. The molecule has 0 bridgehead atoms. The Labute approximate surface area is 81.5 Å². The summed E-state index contributed by atoms with van der Waals surface area (Å²) in [6, 6.07) is 2.37. The molecule has 1 aromatic rings. The maximum absolute atomic E-state index is 11.2. The molecular formula is C9H13N3O2. The fraction of sp³-hybridized carbons (Fsp3) is 0.333. The topological polar surface area (TPSA) is 77.1 Å². The minimum atomic E-state index is -0.563. The van der Waals surface area contributed by atoms with E-state index < -0.39 is 6.04 Å². The fourth-order valence-electron chi connectivity index (χ4n) is 0.924. The third-order valence-electron chi connectivity index (χ3n) is 1.77.